The number of nitrogens with one attached hydrogen (secondary N) is 2. The van der Waals surface area contributed by atoms with Crippen molar-refractivity contribution in [3.63, 3.8) is 0 Å². The minimum Gasteiger partial charge on any atom is -0.398 e. The molecule has 4 nitrogen and oxygen atoms in total. The second kappa shape index (κ2) is 9.34. The van der Waals surface area contributed by atoms with Crippen LogP contribution >= 0.6 is 0 Å². The lowest BCUT2D eigenvalue weighted by Gasteiger charge is -2.12. The maximum absolute atomic E-state index is 12.6. The SMILES string of the molecule is C=CC(C=CCNC(=O)Nc1ccc(C(F)(F)F)c(N)c1)=C(C)CC(F)(F)F. The Morgan fingerprint density at radius 1 is 1.21 bits per heavy atom. The van der Waals surface area contributed by atoms with Gasteiger partial charge in [0.15, 0.2) is 0 Å². The Kier molecular flexibility index (Phi) is 7.71. The predicted molar refractivity (Wildman–Crippen MR) is 95.6 cm³/mol. The molecule has 28 heavy (non-hydrogen) atoms. The molecule has 1 rings (SSSR count). The summed E-state index contributed by atoms with van der Waals surface area (Å²) in [6, 6.07) is 2.04. The molecule has 0 atom stereocenters. The van der Waals surface area contributed by atoms with Crippen molar-refractivity contribution in [2.75, 3.05) is 17.6 Å². The Morgan fingerprint density at radius 3 is 2.36 bits per heavy atom. The summed E-state index contributed by atoms with van der Waals surface area (Å²) < 4.78 is 75.1. The fraction of sp³-hybridized carbons (Fsp3) is 0.278. The Hall–Kier alpha value is -2.91. The van der Waals surface area contributed by atoms with Crippen LogP contribution in [0, 0.1) is 0 Å². The van der Waals surface area contributed by atoms with E-state index in [1.54, 1.807) is 0 Å². The van der Waals surface area contributed by atoms with Gasteiger partial charge in [0, 0.05) is 17.9 Å². The van der Waals surface area contributed by atoms with Crippen molar-refractivity contribution in [3.8, 4) is 0 Å². The molecule has 1 aromatic rings. The first-order valence-electron chi connectivity index (χ1n) is 7.90. The molecule has 0 unspecified atom stereocenters. The van der Waals surface area contributed by atoms with Gasteiger partial charge in [0.2, 0.25) is 0 Å². The van der Waals surface area contributed by atoms with Gasteiger partial charge in [0.25, 0.3) is 0 Å². The number of hydrogen-bond acceptors (Lipinski definition) is 2. The Balaban J connectivity index is 2.63. The molecule has 0 saturated carbocycles. The Labute approximate surface area is 157 Å². The van der Waals surface area contributed by atoms with Crippen molar-refractivity contribution in [3.05, 3.63) is 59.7 Å². The van der Waals surface area contributed by atoms with Crippen LogP contribution in [-0.2, 0) is 6.18 Å². The van der Waals surface area contributed by atoms with E-state index in [0.29, 0.717) is 0 Å². The lowest BCUT2D eigenvalue weighted by Crippen LogP contribution is -2.28. The molecule has 0 aliphatic carbocycles. The Bertz CT molecular complexity index is 779. The third kappa shape index (κ3) is 7.77. The number of urea groups is 1. The van der Waals surface area contributed by atoms with Gasteiger partial charge in [-0.15, -0.1) is 0 Å². The van der Waals surface area contributed by atoms with E-state index in [-0.39, 0.29) is 23.4 Å². The third-order valence-electron chi connectivity index (χ3n) is 3.47. The summed E-state index contributed by atoms with van der Waals surface area (Å²) in [5.74, 6) is 0. The summed E-state index contributed by atoms with van der Waals surface area (Å²) in [6.45, 7) is 4.74. The first-order valence-corrected chi connectivity index (χ1v) is 7.90. The quantitative estimate of drug-likeness (QED) is 0.335. The van der Waals surface area contributed by atoms with E-state index in [9.17, 15) is 31.1 Å². The minimum absolute atomic E-state index is 0.0292. The van der Waals surface area contributed by atoms with Crippen LogP contribution in [0.25, 0.3) is 0 Å². The lowest BCUT2D eigenvalue weighted by atomic mass is 10.1. The molecule has 0 saturated heterocycles. The molecule has 0 radical (unpaired) electrons. The summed E-state index contributed by atoms with van der Waals surface area (Å²) >= 11 is 0. The van der Waals surface area contributed by atoms with E-state index in [4.69, 9.17) is 5.73 Å². The van der Waals surface area contributed by atoms with Crippen molar-refractivity contribution in [2.45, 2.75) is 25.7 Å². The van der Waals surface area contributed by atoms with Crippen molar-refractivity contribution >= 4 is 17.4 Å². The van der Waals surface area contributed by atoms with Gasteiger partial charge in [-0.05, 0) is 30.7 Å². The minimum atomic E-state index is -4.60. The number of allylic oxidation sites excluding steroid dienone is 4. The summed E-state index contributed by atoms with van der Waals surface area (Å²) in [6.07, 6.45) is -5.96. The molecule has 0 aromatic heterocycles. The molecule has 1 aromatic carbocycles. The Morgan fingerprint density at radius 2 is 1.86 bits per heavy atom. The topological polar surface area (TPSA) is 67.2 Å². The number of halogens is 6. The van der Waals surface area contributed by atoms with Gasteiger partial charge >= 0.3 is 18.4 Å². The van der Waals surface area contributed by atoms with Gasteiger partial charge in [-0.1, -0.05) is 30.4 Å². The number of nitrogen functional groups attached to an aromatic ring is 1. The maximum Gasteiger partial charge on any atom is 0.418 e. The molecule has 0 spiro atoms. The second-order valence-electron chi connectivity index (χ2n) is 5.77. The van der Waals surface area contributed by atoms with Crippen molar-refractivity contribution in [2.24, 2.45) is 0 Å². The van der Waals surface area contributed by atoms with Crippen LogP contribution in [0.1, 0.15) is 18.9 Å². The van der Waals surface area contributed by atoms with Gasteiger partial charge < -0.3 is 16.4 Å². The number of benzene rings is 1. The number of nitrogens with two attached hydrogens (primary N) is 1. The monoisotopic (exact) mass is 407 g/mol. The van der Waals surface area contributed by atoms with Crippen LogP contribution in [0.3, 0.4) is 0 Å². The number of anilines is 2. The molecule has 4 N–H and O–H groups in total. The first kappa shape index (κ1) is 23.1. The molecule has 2 amide bonds. The zero-order valence-electron chi connectivity index (χ0n) is 14.8. The number of rotatable bonds is 6. The predicted octanol–water partition coefficient (Wildman–Crippen LogP) is 5.42. The molecule has 0 aliphatic rings. The average molecular weight is 407 g/mol. The number of amides is 2. The molecule has 0 aliphatic heterocycles. The first-order chi connectivity index (χ1) is 12.8. The molecule has 0 fully saturated rings. The average Bonchev–Trinajstić information content (AvgIpc) is 2.51. The molecule has 10 heteroatoms. The number of carbonyl (C=O) groups is 1. The van der Waals surface area contributed by atoms with Crippen LogP contribution in [0.4, 0.5) is 42.5 Å². The van der Waals surface area contributed by atoms with Crippen LogP contribution < -0.4 is 16.4 Å². The summed E-state index contributed by atoms with van der Waals surface area (Å²) in [5, 5.41) is 4.69. The number of carbonyl (C=O) groups excluding carboxylic acids is 1. The van der Waals surface area contributed by atoms with Gasteiger partial charge in [-0.2, -0.15) is 26.3 Å². The van der Waals surface area contributed by atoms with Gasteiger partial charge in [-0.3, -0.25) is 0 Å². The molecule has 154 valence electrons. The fourth-order valence-electron chi connectivity index (χ4n) is 2.20. The standard InChI is InChI=1S/C18H19F6N3O/c1-3-12(11(2)10-17(19,20)21)5-4-8-26-16(28)27-13-6-7-14(15(25)9-13)18(22,23)24/h3-7,9H,1,8,10,25H2,2H3,(H2,26,27,28). The van der Waals surface area contributed by atoms with E-state index < -0.39 is 36.1 Å². The third-order valence-corrected chi connectivity index (χ3v) is 3.47. The van der Waals surface area contributed by atoms with Gasteiger partial charge in [0.05, 0.1) is 12.0 Å². The largest absolute Gasteiger partial charge is 0.418 e. The number of hydrogen-bond donors (Lipinski definition) is 3. The van der Waals surface area contributed by atoms with E-state index in [1.165, 1.54) is 25.2 Å². The second-order valence-corrected chi connectivity index (χ2v) is 5.77. The highest BCUT2D eigenvalue weighted by Gasteiger charge is 2.32. The van der Waals surface area contributed by atoms with Crippen LogP contribution in [0.5, 0.6) is 0 Å². The van der Waals surface area contributed by atoms with Crippen LogP contribution in [0.2, 0.25) is 0 Å². The number of alkyl halides is 6. The van der Waals surface area contributed by atoms with Crippen LogP contribution in [-0.4, -0.2) is 18.8 Å². The van der Waals surface area contributed by atoms with Gasteiger partial charge in [-0.25, -0.2) is 4.79 Å². The summed E-state index contributed by atoms with van der Waals surface area (Å²) in [7, 11) is 0. The maximum atomic E-state index is 12.6. The van der Waals surface area contributed by atoms with Crippen molar-refractivity contribution in [1.29, 1.82) is 0 Å². The van der Waals surface area contributed by atoms with E-state index >= 15 is 0 Å². The van der Waals surface area contributed by atoms with E-state index in [2.05, 4.69) is 17.2 Å². The zero-order valence-corrected chi connectivity index (χ0v) is 14.8. The smallest absolute Gasteiger partial charge is 0.398 e. The van der Waals surface area contributed by atoms with Crippen molar-refractivity contribution in [1.82, 2.24) is 5.32 Å². The highest BCUT2D eigenvalue weighted by Crippen LogP contribution is 2.34. The molecule has 0 heterocycles. The zero-order chi connectivity index (χ0) is 21.5. The van der Waals surface area contributed by atoms with Gasteiger partial charge in [0.1, 0.15) is 0 Å². The fourth-order valence-corrected chi connectivity index (χ4v) is 2.20. The molecular weight excluding hydrogens is 388 g/mol. The van der Waals surface area contributed by atoms with Crippen molar-refractivity contribution < 1.29 is 31.1 Å². The molecular formula is C18H19F6N3O. The summed E-state index contributed by atoms with van der Waals surface area (Å²) in [5.41, 5.74) is 4.18. The summed E-state index contributed by atoms with van der Waals surface area (Å²) in [4.78, 5) is 11.7. The molecule has 0 bridgehead atoms. The lowest BCUT2D eigenvalue weighted by molar-refractivity contribution is -0.137. The normalized spacial score (nSPS) is 13.2. The highest BCUT2D eigenvalue weighted by atomic mass is 19.4. The highest BCUT2D eigenvalue weighted by molar-refractivity contribution is 5.90. The van der Waals surface area contributed by atoms with E-state index in [0.717, 1.165) is 18.2 Å². The van der Waals surface area contributed by atoms with Crippen LogP contribution in [0.15, 0.2) is 54.2 Å². The van der Waals surface area contributed by atoms with E-state index in [1.807, 2.05) is 0 Å².